The maximum atomic E-state index is 12.6. The van der Waals surface area contributed by atoms with Crippen molar-refractivity contribution >= 4 is 16.7 Å². The number of hydrogen-bond acceptors (Lipinski definition) is 5. The van der Waals surface area contributed by atoms with Crippen molar-refractivity contribution in [2.24, 2.45) is 0 Å². The van der Waals surface area contributed by atoms with E-state index in [1.165, 1.54) is 10.7 Å². The van der Waals surface area contributed by atoms with E-state index in [0.29, 0.717) is 22.7 Å². The molecule has 0 saturated heterocycles. The van der Waals surface area contributed by atoms with E-state index in [1.54, 1.807) is 30.5 Å². The van der Waals surface area contributed by atoms with Crippen LogP contribution in [0.25, 0.3) is 28.0 Å². The van der Waals surface area contributed by atoms with Gasteiger partial charge in [-0.3, -0.25) is 9.89 Å². The minimum Gasteiger partial charge on any atom is -0.422 e. The summed E-state index contributed by atoms with van der Waals surface area (Å²) in [6.45, 7) is 5.89. The highest BCUT2D eigenvalue weighted by molar-refractivity contribution is 5.84. The number of benzene rings is 1. The molecule has 0 saturated carbocycles. The Balaban J connectivity index is 1.80. The first-order valence-electron chi connectivity index (χ1n) is 9.17. The summed E-state index contributed by atoms with van der Waals surface area (Å²) >= 11 is 0. The predicted octanol–water partition coefficient (Wildman–Crippen LogP) is 3.18. The van der Waals surface area contributed by atoms with Gasteiger partial charge in [0.1, 0.15) is 5.58 Å². The van der Waals surface area contributed by atoms with Crippen molar-refractivity contribution in [1.29, 1.82) is 0 Å². The van der Waals surface area contributed by atoms with Gasteiger partial charge >= 0.3 is 5.63 Å². The minimum absolute atomic E-state index is 0.301. The lowest BCUT2D eigenvalue weighted by Gasteiger charge is -2.20. The van der Waals surface area contributed by atoms with Gasteiger partial charge in [0.2, 0.25) is 0 Å². The number of H-pyrrole nitrogens is 1. The van der Waals surface area contributed by atoms with E-state index in [-0.39, 0.29) is 5.56 Å². The lowest BCUT2D eigenvalue weighted by atomic mass is 10.1. The number of nitrogens with zero attached hydrogens (tertiary/aromatic N) is 3. The highest BCUT2D eigenvalue weighted by Gasteiger charge is 2.14. The standard InChI is InChI=1S/C21H20N4O3/c1-3-24(4-2)15-9-8-14-11-16(21(27)28-18(14)12-15)17-13-20(26)25(23-17)19-7-5-6-10-22-19/h5-13,23H,3-4H2,1-2H3. The Bertz CT molecular complexity index is 1230. The van der Waals surface area contributed by atoms with Crippen molar-refractivity contribution in [3.63, 3.8) is 0 Å². The predicted molar refractivity (Wildman–Crippen MR) is 109 cm³/mol. The maximum Gasteiger partial charge on any atom is 0.345 e. The van der Waals surface area contributed by atoms with Crippen LogP contribution in [0.4, 0.5) is 5.69 Å². The van der Waals surface area contributed by atoms with Crippen molar-refractivity contribution in [3.05, 3.63) is 75.5 Å². The summed E-state index contributed by atoms with van der Waals surface area (Å²) < 4.78 is 6.85. The van der Waals surface area contributed by atoms with Gasteiger partial charge in [0.25, 0.3) is 5.56 Å². The molecule has 0 aliphatic carbocycles. The van der Waals surface area contributed by atoms with E-state index in [4.69, 9.17) is 4.42 Å². The van der Waals surface area contributed by atoms with Crippen molar-refractivity contribution < 1.29 is 4.42 Å². The molecule has 0 unspecified atom stereocenters. The van der Waals surface area contributed by atoms with Crippen LogP contribution in [0.5, 0.6) is 0 Å². The number of aromatic amines is 1. The molecule has 0 radical (unpaired) electrons. The van der Waals surface area contributed by atoms with Gasteiger partial charge in [-0.15, -0.1) is 0 Å². The lowest BCUT2D eigenvalue weighted by Crippen LogP contribution is -2.21. The summed E-state index contributed by atoms with van der Waals surface area (Å²) in [4.78, 5) is 31.2. The molecule has 4 rings (SSSR count). The van der Waals surface area contributed by atoms with Crippen molar-refractivity contribution in [3.8, 4) is 17.1 Å². The molecule has 28 heavy (non-hydrogen) atoms. The summed E-state index contributed by atoms with van der Waals surface area (Å²) in [5.74, 6) is 0.452. The zero-order valence-corrected chi connectivity index (χ0v) is 15.7. The van der Waals surface area contributed by atoms with Crippen molar-refractivity contribution in [1.82, 2.24) is 14.8 Å². The Morgan fingerprint density at radius 3 is 2.61 bits per heavy atom. The number of pyridine rings is 1. The molecule has 7 nitrogen and oxygen atoms in total. The first-order chi connectivity index (χ1) is 13.6. The molecule has 3 aromatic heterocycles. The molecular weight excluding hydrogens is 356 g/mol. The van der Waals surface area contributed by atoms with E-state index in [0.717, 1.165) is 24.2 Å². The topological polar surface area (TPSA) is 84.1 Å². The van der Waals surface area contributed by atoms with Gasteiger partial charge in [0.05, 0.1) is 11.3 Å². The van der Waals surface area contributed by atoms with Gasteiger partial charge in [0.15, 0.2) is 5.82 Å². The molecule has 0 aliphatic rings. The third-order valence-electron chi connectivity index (χ3n) is 4.74. The fourth-order valence-corrected chi connectivity index (χ4v) is 3.26. The Kier molecular flexibility index (Phi) is 4.57. The van der Waals surface area contributed by atoms with Gasteiger partial charge in [-0.2, -0.15) is 0 Å². The lowest BCUT2D eigenvalue weighted by molar-refractivity contribution is 0.563. The average Bonchev–Trinajstić information content (AvgIpc) is 3.10. The van der Waals surface area contributed by atoms with Crippen LogP contribution < -0.4 is 16.1 Å². The van der Waals surface area contributed by atoms with Crippen LogP contribution in [0.3, 0.4) is 0 Å². The van der Waals surface area contributed by atoms with E-state index >= 15 is 0 Å². The highest BCUT2D eigenvalue weighted by Crippen LogP contribution is 2.24. The number of fused-ring (bicyclic) bond motifs is 1. The summed E-state index contributed by atoms with van der Waals surface area (Å²) in [6.07, 6.45) is 1.60. The van der Waals surface area contributed by atoms with Crippen molar-refractivity contribution in [2.75, 3.05) is 18.0 Å². The van der Waals surface area contributed by atoms with E-state index < -0.39 is 5.63 Å². The average molecular weight is 376 g/mol. The van der Waals surface area contributed by atoms with Crippen LogP contribution in [0.2, 0.25) is 0 Å². The molecule has 7 heteroatoms. The highest BCUT2D eigenvalue weighted by atomic mass is 16.4. The minimum atomic E-state index is -0.501. The summed E-state index contributed by atoms with van der Waals surface area (Å²) in [5.41, 5.74) is 1.41. The largest absolute Gasteiger partial charge is 0.422 e. The maximum absolute atomic E-state index is 12.6. The fourth-order valence-electron chi connectivity index (χ4n) is 3.26. The molecule has 0 amide bonds. The number of hydrogen-bond donors (Lipinski definition) is 1. The first-order valence-corrected chi connectivity index (χ1v) is 9.17. The summed E-state index contributed by atoms with van der Waals surface area (Å²) in [6, 6.07) is 14.2. The SMILES string of the molecule is CCN(CC)c1ccc2cc(-c3cc(=O)n(-c4ccccn4)[nH]3)c(=O)oc2c1. The second-order valence-electron chi connectivity index (χ2n) is 6.37. The Morgan fingerprint density at radius 1 is 1.07 bits per heavy atom. The third kappa shape index (κ3) is 3.11. The van der Waals surface area contributed by atoms with Gasteiger partial charge in [-0.05, 0) is 44.2 Å². The number of anilines is 1. The van der Waals surface area contributed by atoms with E-state index in [9.17, 15) is 9.59 Å². The molecule has 142 valence electrons. The van der Waals surface area contributed by atoms with Crippen molar-refractivity contribution in [2.45, 2.75) is 13.8 Å². The fraction of sp³-hybridized carbons (Fsp3) is 0.190. The number of aromatic nitrogens is 3. The number of rotatable bonds is 5. The van der Waals surface area contributed by atoms with E-state index in [1.807, 2.05) is 18.2 Å². The quantitative estimate of drug-likeness (QED) is 0.541. The zero-order valence-electron chi connectivity index (χ0n) is 15.7. The molecule has 0 spiro atoms. The van der Waals surface area contributed by atoms with Gasteiger partial charge in [-0.25, -0.2) is 14.5 Å². The smallest absolute Gasteiger partial charge is 0.345 e. The van der Waals surface area contributed by atoms with Gasteiger partial charge < -0.3 is 9.32 Å². The third-order valence-corrected chi connectivity index (χ3v) is 4.74. The van der Waals surface area contributed by atoms with Crippen LogP contribution in [0.1, 0.15) is 13.8 Å². The molecule has 4 aromatic rings. The molecule has 1 N–H and O–H groups in total. The first kappa shape index (κ1) is 17.8. The monoisotopic (exact) mass is 376 g/mol. The van der Waals surface area contributed by atoms with Crippen LogP contribution in [0.15, 0.2) is 68.7 Å². The molecule has 0 bridgehead atoms. The van der Waals surface area contributed by atoms with Crippen LogP contribution in [-0.2, 0) is 0 Å². The Labute approximate surface area is 160 Å². The Hall–Kier alpha value is -3.61. The molecule has 3 heterocycles. The summed E-state index contributed by atoms with van der Waals surface area (Å²) in [5, 5.41) is 3.73. The molecule has 0 aliphatic heterocycles. The number of nitrogens with one attached hydrogen (secondary N) is 1. The van der Waals surface area contributed by atoms with Crippen LogP contribution in [0, 0.1) is 0 Å². The second kappa shape index (κ2) is 7.19. The van der Waals surface area contributed by atoms with Gasteiger partial charge in [-0.1, -0.05) is 6.07 Å². The molecule has 0 fully saturated rings. The normalized spacial score (nSPS) is 11.1. The second-order valence-corrected chi connectivity index (χ2v) is 6.37. The van der Waals surface area contributed by atoms with Crippen LogP contribution >= 0.6 is 0 Å². The molecule has 1 aromatic carbocycles. The van der Waals surface area contributed by atoms with Crippen LogP contribution in [-0.4, -0.2) is 27.9 Å². The van der Waals surface area contributed by atoms with E-state index in [2.05, 4.69) is 28.8 Å². The van der Waals surface area contributed by atoms with Gasteiger partial charge in [0, 0.05) is 42.5 Å². The zero-order chi connectivity index (χ0) is 19.7. The molecular formula is C21H20N4O3. The molecule has 0 atom stereocenters. The Morgan fingerprint density at radius 2 is 1.89 bits per heavy atom. The summed E-state index contributed by atoms with van der Waals surface area (Å²) in [7, 11) is 0.